The van der Waals surface area contributed by atoms with Gasteiger partial charge >= 0.3 is 17.9 Å². The SMILES string of the molecule is O=C(O)CCCC(=O)NCC1CCC(C(=O)N[C@@H](CCC(=O)NCCOCCOCC(=O)NCCOCCOCC(=O)N[C@@H](CCCCNC(=O)CBr)C(=O)O)C(=O)O)CC1. The van der Waals surface area contributed by atoms with Crippen LogP contribution in [0.5, 0.6) is 0 Å². The maximum absolute atomic E-state index is 12.8. The van der Waals surface area contributed by atoms with Gasteiger partial charge in [0.25, 0.3) is 0 Å². The monoisotopic (exact) mass is 938 g/mol. The first kappa shape index (κ1) is 54.6. The highest BCUT2D eigenvalue weighted by atomic mass is 79.9. The molecule has 23 heteroatoms. The Morgan fingerprint density at radius 1 is 0.525 bits per heavy atom. The third kappa shape index (κ3) is 29.4. The van der Waals surface area contributed by atoms with Crippen molar-refractivity contribution in [2.45, 2.75) is 89.1 Å². The Morgan fingerprint density at radius 3 is 1.66 bits per heavy atom. The minimum atomic E-state index is -1.25. The molecule has 2 atom stereocenters. The van der Waals surface area contributed by atoms with Crippen LogP contribution in [0.15, 0.2) is 0 Å². The van der Waals surface area contributed by atoms with E-state index in [9.17, 15) is 53.4 Å². The van der Waals surface area contributed by atoms with Crippen LogP contribution in [-0.4, -0.2) is 165 Å². The van der Waals surface area contributed by atoms with Crippen LogP contribution in [-0.2, 0) is 62.1 Å². The van der Waals surface area contributed by atoms with Gasteiger partial charge in [-0.1, -0.05) is 15.9 Å². The van der Waals surface area contributed by atoms with E-state index < -0.39 is 41.8 Å². The number of carboxylic acids is 3. The van der Waals surface area contributed by atoms with Gasteiger partial charge in [0.1, 0.15) is 25.3 Å². The van der Waals surface area contributed by atoms with E-state index in [1.807, 2.05) is 0 Å². The third-order valence-electron chi connectivity index (χ3n) is 9.22. The molecule has 0 saturated heterocycles. The molecule has 61 heavy (non-hydrogen) atoms. The second kappa shape index (κ2) is 34.2. The Kier molecular flexibility index (Phi) is 30.6. The summed E-state index contributed by atoms with van der Waals surface area (Å²) in [7, 11) is 0. The average Bonchev–Trinajstić information content (AvgIpc) is 3.22. The number of ether oxygens (including phenoxy) is 4. The van der Waals surface area contributed by atoms with Crippen molar-refractivity contribution >= 4 is 69.3 Å². The van der Waals surface area contributed by atoms with Crippen LogP contribution in [0.4, 0.5) is 0 Å². The maximum atomic E-state index is 12.8. The van der Waals surface area contributed by atoms with E-state index in [0.29, 0.717) is 51.6 Å². The van der Waals surface area contributed by atoms with Gasteiger partial charge in [0.05, 0.1) is 45.0 Å². The molecule has 348 valence electrons. The van der Waals surface area contributed by atoms with Gasteiger partial charge < -0.3 is 66.2 Å². The standard InChI is InChI=1S/C38H63BrN6O16/c39-22-32(48)40-13-2-1-4-28(37(54)55)44-34(50)25-61-21-19-59-17-15-42-33(49)24-60-20-18-58-16-14-41-31(47)12-11-29(38(56)57)45-36(53)27-9-7-26(8-10-27)23-43-30(46)5-3-6-35(51)52/h26-29H,1-25H2,(H,40,48)(H,41,47)(H,42,49)(H,43,46)(H,44,50)(H,45,53)(H,51,52)(H,54,55)(H,56,57)/t26?,27?,28-,29-/m0/s1. The summed E-state index contributed by atoms with van der Waals surface area (Å²) in [5.41, 5.74) is 0. The first-order valence-corrected chi connectivity index (χ1v) is 21.5. The second-order valence-electron chi connectivity index (χ2n) is 14.2. The second-order valence-corrected chi connectivity index (χ2v) is 14.7. The van der Waals surface area contributed by atoms with Crippen molar-refractivity contribution in [3.8, 4) is 0 Å². The zero-order chi connectivity index (χ0) is 45.3. The van der Waals surface area contributed by atoms with Gasteiger partial charge in [0.15, 0.2) is 0 Å². The number of alkyl halides is 1. The Bertz CT molecular complexity index is 1380. The fourth-order valence-electron chi connectivity index (χ4n) is 5.87. The van der Waals surface area contributed by atoms with Gasteiger partial charge in [-0.05, 0) is 63.7 Å². The average molecular weight is 940 g/mol. The molecule has 0 heterocycles. The van der Waals surface area contributed by atoms with Crippen molar-refractivity contribution in [2.24, 2.45) is 11.8 Å². The topological polar surface area (TPSA) is 323 Å². The lowest BCUT2D eigenvalue weighted by molar-refractivity contribution is -0.143. The summed E-state index contributed by atoms with van der Waals surface area (Å²) in [5.74, 6) is -5.72. The number of halogens is 1. The van der Waals surface area contributed by atoms with Crippen LogP contribution in [0, 0.1) is 11.8 Å². The highest BCUT2D eigenvalue weighted by Crippen LogP contribution is 2.28. The van der Waals surface area contributed by atoms with Gasteiger partial charge in [-0.25, -0.2) is 9.59 Å². The van der Waals surface area contributed by atoms with Gasteiger partial charge in [-0.2, -0.15) is 0 Å². The summed E-state index contributed by atoms with van der Waals surface area (Å²) in [6.45, 7) is 1.41. The minimum absolute atomic E-state index is 0.0704. The number of amides is 6. The molecule has 0 aromatic heterocycles. The van der Waals surface area contributed by atoms with Crippen LogP contribution in [0.1, 0.15) is 77.0 Å². The normalized spacial score (nSPS) is 15.7. The summed E-state index contributed by atoms with van der Waals surface area (Å²) in [4.78, 5) is 106. The van der Waals surface area contributed by atoms with Gasteiger partial charge in [0.2, 0.25) is 35.4 Å². The lowest BCUT2D eigenvalue weighted by Gasteiger charge is -2.28. The highest BCUT2D eigenvalue weighted by Gasteiger charge is 2.30. The Morgan fingerprint density at radius 2 is 1.07 bits per heavy atom. The maximum Gasteiger partial charge on any atom is 0.326 e. The van der Waals surface area contributed by atoms with Crippen LogP contribution in [0.25, 0.3) is 0 Å². The van der Waals surface area contributed by atoms with E-state index in [2.05, 4.69) is 47.8 Å². The molecular weight excluding hydrogens is 876 g/mol. The molecule has 0 spiro atoms. The first-order valence-electron chi connectivity index (χ1n) is 20.4. The van der Waals surface area contributed by atoms with E-state index >= 15 is 0 Å². The number of hydrogen-bond acceptors (Lipinski definition) is 13. The van der Waals surface area contributed by atoms with Gasteiger partial charge in [-0.3, -0.25) is 33.6 Å². The fraction of sp³-hybridized carbons (Fsp3) is 0.763. The van der Waals surface area contributed by atoms with E-state index in [0.717, 1.165) is 0 Å². The Balaban J connectivity index is 2.04. The fourth-order valence-corrected chi connectivity index (χ4v) is 6.07. The van der Waals surface area contributed by atoms with Crippen molar-refractivity contribution in [1.29, 1.82) is 0 Å². The van der Waals surface area contributed by atoms with Crippen LogP contribution in [0.2, 0.25) is 0 Å². The lowest BCUT2D eigenvalue weighted by atomic mass is 9.81. The lowest BCUT2D eigenvalue weighted by Crippen LogP contribution is -2.45. The number of aliphatic carboxylic acids is 3. The summed E-state index contributed by atoms with van der Waals surface area (Å²) in [5, 5.41) is 43.4. The summed E-state index contributed by atoms with van der Waals surface area (Å²) >= 11 is 3.03. The number of carboxylic acid groups (broad SMARTS) is 3. The molecule has 22 nitrogen and oxygen atoms in total. The number of carbonyl (C=O) groups is 9. The Labute approximate surface area is 363 Å². The van der Waals surface area contributed by atoms with Crippen molar-refractivity contribution < 1.29 is 77.4 Å². The number of carbonyl (C=O) groups excluding carboxylic acids is 6. The third-order valence-corrected chi connectivity index (χ3v) is 9.73. The molecule has 1 saturated carbocycles. The minimum Gasteiger partial charge on any atom is -0.481 e. The van der Waals surface area contributed by atoms with Crippen molar-refractivity contribution in [3.63, 3.8) is 0 Å². The predicted molar refractivity (Wildman–Crippen MR) is 218 cm³/mol. The highest BCUT2D eigenvalue weighted by molar-refractivity contribution is 9.09. The predicted octanol–water partition coefficient (Wildman–Crippen LogP) is -0.937. The number of hydrogen-bond donors (Lipinski definition) is 9. The summed E-state index contributed by atoms with van der Waals surface area (Å²) in [6, 6.07) is -2.31. The molecule has 1 fully saturated rings. The molecule has 0 aliphatic heterocycles. The molecule has 0 unspecified atom stereocenters. The molecule has 0 aromatic carbocycles. The molecule has 1 aliphatic carbocycles. The first-order chi connectivity index (χ1) is 29.2. The smallest absolute Gasteiger partial charge is 0.326 e. The van der Waals surface area contributed by atoms with Crippen molar-refractivity contribution in [3.05, 3.63) is 0 Å². The molecule has 1 aliphatic rings. The molecule has 0 bridgehead atoms. The molecule has 0 radical (unpaired) electrons. The van der Waals surface area contributed by atoms with Gasteiger partial charge in [0, 0.05) is 51.4 Å². The van der Waals surface area contributed by atoms with E-state index in [1.54, 1.807) is 0 Å². The van der Waals surface area contributed by atoms with Crippen LogP contribution < -0.4 is 31.9 Å². The van der Waals surface area contributed by atoms with Gasteiger partial charge in [-0.15, -0.1) is 0 Å². The zero-order valence-corrected chi connectivity index (χ0v) is 36.1. The van der Waals surface area contributed by atoms with Crippen molar-refractivity contribution in [1.82, 2.24) is 31.9 Å². The summed E-state index contributed by atoms with van der Waals surface area (Å²) in [6.07, 6.45) is 3.76. The Hall–Kier alpha value is -4.45. The molecular formula is C38H63BrN6O16. The molecule has 1 rings (SSSR count). The van der Waals surface area contributed by atoms with Crippen LogP contribution >= 0.6 is 15.9 Å². The van der Waals surface area contributed by atoms with E-state index in [-0.39, 0.29) is 145 Å². The van der Waals surface area contributed by atoms with Crippen LogP contribution in [0.3, 0.4) is 0 Å². The largest absolute Gasteiger partial charge is 0.481 e. The quantitative estimate of drug-likeness (QED) is 0.0271. The molecule has 0 aromatic rings. The number of rotatable bonds is 36. The number of nitrogens with one attached hydrogen (secondary N) is 6. The van der Waals surface area contributed by atoms with Crippen molar-refractivity contribution in [2.75, 3.05) is 84.4 Å². The van der Waals surface area contributed by atoms with E-state index in [4.69, 9.17) is 24.1 Å². The zero-order valence-electron chi connectivity index (χ0n) is 34.5. The summed E-state index contributed by atoms with van der Waals surface area (Å²) < 4.78 is 21.2. The molecule has 9 N–H and O–H groups in total. The molecule has 6 amide bonds. The van der Waals surface area contributed by atoms with E-state index in [1.165, 1.54) is 0 Å². The number of unbranched alkanes of at least 4 members (excludes halogenated alkanes) is 1.